The molecule has 6 heteroatoms. The van der Waals surface area contributed by atoms with Gasteiger partial charge >= 0.3 is 5.97 Å². The van der Waals surface area contributed by atoms with E-state index in [0.29, 0.717) is 17.4 Å². The first-order chi connectivity index (χ1) is 16.0. The number of rotatable bonds is 6. The van der Waals surface area contributed by atoms with E-state index in [1.807, 2.05) is 12.1 Å². The van der Waals surface area contributed by atoms with Gasteiger partial charge in [-0.3, -0.25) is 0 Å². The van der Waals surface area contributed by atoms with Crippen molar-refractivity contribution in [3.63, 3.8) is 0 Å². The van der Waals surface area contributed by atoms with Crippen LogP contribution in [0.2, 0.25) is 0 Å². The van der Waals surface area contributed by atoms with Gasteiger partial charge in [0.15, 0.2) is 0 Å². The van der Waals surface area contributed by atoms with Crippen molar-refractivity contribution in [3.05, 3.63) is 57.6 Å². The summed E-state index contributed by atoms with van der Waals surface area (Å²) in [6, 6.07) is 6.95. The molecule has 2 aliphatic heterocycles. The highest BCUT2D eigenvalue weighted by Gasteiger charge is 2.43. The molecule has 1 saturated heterocycles. The minimum Gasteiger partial charge on any atom is -0.478 e. The fourth-order valence-electron chi connectivity index (χ4n) is 5.77. The Bertz CT molecular complexity index is 1040. The quantitative estimate of drug-likeness (QED) is 0.592. The van der Waals surface area contributed by atoms with Gasteiger partial charge in [0.1, 0.15) is 5.60 Å². The molecule has 1 aromatic carbocycles. The highest BCUT2D eigenvalue weighted by atomic mass is 35.5. The Kier molecular flexibility index (Phi) is 5.38. The highest BCUT2D eigenvalue weighted by Crippen LogP contribution is 2.51. The maximum atomic E-state index is 11.1. The van der Waals surface area contributed by atoms with Crippen LogP contribution in [0.3, 0.4) is 0 Å². The third-order valence-corrected chi connectivity index (χ3v) is 8.55. The molecule has 3 fully saturated rings. The molecule has 33 heavy (non-hydrogen) atoms. The van der Waals surface area contributed by atoms with Crippen LogP contribution in [-0.2, 0) is 4.84 Å². The number of likely N-dealkylation sites (tertiary alicyclic amines) is 1. The summed E-state index contributed by atoms with van der Waals surface area (Å²) in [5, 5.41) is 14.6. The number of hydrogen-bond acceptors (Lipinski definition) is 4. The number of oxime groups is 1. The number of aromatic carboxylic acids is 1. The average molecular weight is 467 g/mol. The Hall–Kier alpha value is -2.11. The second-order valence-electron chi connectivity index (χ2n) is 10.6. The van der Waals surface area contributed by atoms with E-state index in [9.17, 15) is 4.79 Å². The minimum atomic E-state index is -0.908. The molecule has 174 valence electrons. The van der Waals surface area contributed by atoms with E-state index < -0.39 is 5.97 Å². The van der Waals surface area contributed by atoms with Crippen LogP contribution in [0.5, 0.6) is 0 Å². The van der Waals surface area contributed by atoms with E-state index in [1.54, 1.807) is 17.7 Å². The van der Waals surface area contributed by atoms with Crippen LogP contribution in [0.15, 0.2) is 51.7 Å². The second-order valence-corrected chi connectivity index (χ2v) is 11.0. The third kappa shape index (κ3) is 4.38. The van der Waals surface area contributed by atoms with Crippen molar-refractivity contribution in [2.24, 2.45) is 22.9 Å². The van der Waals surface area contributed by atoms with Crippen molar-refractivity contribution in [1.29, 1.82) is 0 Å². The third-order valence-electron chi connectivity index (χ3n) is 8.08. The van der Waals surface area contributed by atoms with Crippen LogP contribution in [-0.4, -0.2) is 46.9 Å². The molecule has 2 heterocycles. The van der Waals surface area contributed by atoms with Gasteiger partial charge in [0.25, 0.3) is 0 Å². The summed E-state index contributed by atoms with van der Waals surface area (Å²) in [6.07, 6.45) is 11.6. The molecule has 0 aromatic heterocycles. The zero-order valence-corrected chi connectivity index (χ0v) is 19.7. The summed E-state index contributed by atoms with van der Waals surface area (Å²) in [4.78, 5) is 19.7. The normalized spacial score (nSPS) is 27.4. The first-order valence-corrected chi connectivity index (χ1v) is 12.8. The fraction of sp³-hybridized carbons (Fsp3) is 0.556. The number of nitrogens with zero attached hydrogens (tertiary/aromatic N) is 2. The molecule has 3 aliphatic carbocycles. The molecule has 1 aromatic rings. The van der Waals surface area contributed by atoms with Gasteiger partial charge in [0.2, 0.25) is 0 Å². The van der Waals surface area contributed by atoms with Crippen molar-refractivity contribution < 1.29 is 14.7 Å². The van der Waals surface area contributed by atoms with E-state index in [-0.39, 0.29) is 5.60 Å². The van der Waals surface area contributed by atoms with Crippen LogP contribution in [0, 0.1) is 17.8 Å². The van der Waals surface area contributed by atoms with Crippen molar-refractivity contribution in [3.8, 4) is 0 Å². The standard InChI is InChI=1S/C27H31ClN2O3/c28-25-22(18-1-2-18)13-17(14-23(25)19-3-4-19)16-30-11-9-27(10-12-30)15-24(29-33-27)20-5-7-21(8-6-20)26(31)32/h5-8,13,17-19H,1-4,9-12,14-16H2,(H,31,32). The summed E-state index contributed by atoms with van der Waals surface area (Å²) in [6.45, 7) is 3.16. The molecule has 0 radical (unpaired) electrons. The van der Waals surface area contributed by atoms with E-state index in [0.717, 1.165) is 67.5 Å². The summed E-state index contributed by atoms with van der Waals surface area (Å²) >= 11 is 6.84. The molecule has 1 N–H and O–H groups in total. The van der Waals surface area contributed by atoms with Gasteiger partial charge in [0, 0.05) is 43.9 Å². The zero-order chi connectivity index (χ0) is 22.6. The minimum absolute atomic E-state index is 0.207. The maximum Gasteiger partial charge on any atom is 0.335 e. The van der Waals surface area contributed by atoms with E-state index >= 15 is 0 Å². The molecule has 1 unspecified atom stereocenters. The Morgan fingerprint density at radius 3 is 2.45 bits per heavy atom. The Labute approximate surface area is 200 Å². The lowest BCUT2D eigenvalue weighted by molar-refractivity contribution is -0.0625. The predicted molar refractivity (Wildman–Crippen MR) is 129 cm³/mol. The monoisotopic (exact) mass is 466 g/mol. The predicted octanol–water partition coefficient (Wildman–Crippen LogP) is 5.60. The topological polar surface area (TPSA) is 62.1 Å². The highest BCUT2D eigenvalue weighted by molar-refractivity contribution is 6.32. The number of carbonyl (C=O) groups is 1. The van der Waals surface area contributed by atoms with Gasteiger partial charge in [-0.2, -0.15) is 0 Å². The largest absolute Gasteiger partial charge is 0.478 e. The van der Waals surface area contributed by atoms with Crippen molar-refractivity contribution in [2.45, 2.75) is 57.0 Å². The number of carboxylic acids is 1. The molecule has 0 amide bonds. The molecular formula is C27H31ClN2O3. The smallest absolute Gasteiger partial charge is 0.335 e. The molecule has 1 spiro atoms. The molecule has 5 aliphatic rings. The van der Waals surface area contributed by atoms with E-state index in [2.05, 4.69) is 16.1 Å². The second kappa shape index (κ2) is 8.28. The molecule has 0 bridgehead atoms. The molecule has 6 rings (SSSR count). The molecule has 1 atom stereocenters. The Balaban J connectivity index is 1.06. The van der Waals surface area contributed by atoms with E-state index in [4.69, 9.17) is 21.5 Å². The maximum absolute atomic E-state index is 11.1. The van der Waals surface area contributed by atoms with Crippen LogP contribution in [0.25, 0.3) is 0 Å². The summed E-state index contributed by atoms with van der Waals surface area (Å²) in [5.41, 5.74) is 4.97. The van der Waals surface area contributed by atoms with Gasteiger partial charge in [-0.25, -0.2) is 4.79 Å². The lowest BCUT2D eigenvalue weighted by Crippen LogP contribution is -2.46. The van der Waals surface area contributed by atoms with Crippen LogP contribution >= 0.6 is 11.6 Å². The van der Waals surface area contributed by atoms with Crippen LogP contribution in [0.1, 0.15) is 67.3 Å². The van der Waals surface area contributed by atoms with Crippen molar-refractivity contribution in [1.82, 2.24) is 4.90 Å². The molecular weight excluding hydrogens is 436 g/mol. The van der Waals surface area contributed by atoms with Crippen molar-refractivity contribution in [2.75, 3.05) is 19.6 Å². The Morgan fingerprint density at radius 2 is 1.82 bits per heavy atom. The SMILES string of the molecule is O=C(O)c1ccc(C2=NOC3(CCN(CC4C=C(C5CC5)C(Cl)=C(C5CC5)C4)CC3)C2)cc1. The van der Waals surface area contributed by atoms with Crippen LogP contribution in [0.4, 0.5) is 0 Å². The van der Waals surface area contributed by atoms with Gasteiger partial charge < -0.3 is 14.8 Å². The number of halogens is 1. The number of piperidine rings is 1. The average Bonchev–Trinajstić information content (AvgIpc) is 3.75. The number of benzene rings is 1. The van der Waals surface area contributed by atoms with Crippen molar-refractivity contribution >= 4 is 23.3 Å². The fourth-order valence-corrected chi connectivity index (χ4v) is 6.22. The van der Waals surface area contributed by atoms with Gasteiger partial charge in [0.05, 0.1) is 11.3 Å². The van der Waals surface area contributed by atoms with Gasteiger partial charge in [-0.15, -0.1) is 0 Å². The Morgan fingerprint density at radius 1 is 1.12 bits per heavy atom. The molecule has 2 saturated carbocycles. The lowest BCUT2D eigenvalue weighted by Gasteiger charge is -2.39. The zero-order valence-electron chi connectivity index (χ0n) is 18.9. The van der Waals surface area contributed by atoms with Gasteiger partial charge in [-0.05, 0) is 78.7 Å². The van der Waals surface area contributed by atoms with Gasteiger partial charge in [-0.1, -0.05) is 35.0 Å². The number of allylic oxidation sites excluding steroid dienone is 3. The van der Waals surface area contributed by atoms with Crippen LogP contribution < -0.4 is 0 Å². The summed E-state index contributed by atoms with van der Waals surface area (Å²) in [7, 11) is 0. The number of carboxylic acid groups (broad SMARTS) is 1. The first-order valence-electron chi connectivity index (χ1n) is 12.4. The lowest BCUT2D eigenvalue weighted by atomic mass is 9.83. The molecule has 5 nitrogen and oxygen atoms in total. The first kappa shape index (κ1) is 21.4. The van der Waals surface area contributed by atoms with E-state index in [1.165, 1.54) is 31.3 Å². The number of hydrogen-bond donors (Lipinski definition) is 1. The summed E-state index contributed by atoms with van der Waals surface area (Å²) < 4.78 is 0. The summed E-state index contributed by atoms with van der Waals surface area (Å²) in [5.74, 6) is 1.13.